The van der Waals surface area contributed by atoms with Crippen LogP contribution in [0, 0.1) is 0 Å². The molecule has 1 fully saturated rings. The first kappa shape index (κ1) is 21.4. The topological polar surface area (TPSA) is 58.1 Å². The Balaban J connectivity index is 1.53. The van der Waals surface area contributed by atoms with Gasteiger partial charge in [-0.3, -0.25) is 10.3 Å². The molecule has 0 aromatic heterocycles. The molecule has 0 spiro atoms. The molecule has 6 nitrogen and oxygen atoms in total. The number of thiocarbonyl (C=S) groups is 1. The lowest BCUT2D eigenvalue weighted by Crippen LogP contribution is -2.39. The fraction of sp³-hybridized carbons (Fsp3) is 0.400. The molecule has 2 N–H and O–H groups in total. The number of nitrogens with one attached hydrogen (secondary N) is 2. The number of rotatable bonds is 8. The number of hydrogen-bond donors (Lipinski definition) is 2. The Morgan fingerprint density at radius 2 is 2.03 bits per heavy atom. The molecule has 2 aromatic rings. The van der Waals surface area contributed by atoms with Crippen LogP contribution in [0.15, 0.2) is 41.5 Å². The average Bonchev–Trinajstić information content (AvgIpc) is 2.73. The predicted molar refractivity (Wildman–Crippen MR) is 114 cm³/mol. The molecule has 0 amide bonds. The van der Waals surface area contributed by atoms with E-state index in [1.165, 1.54) is 12.3 Å². The van der Waals surface area contributed by atoms with E-state index in [-0.39, 0.29) is 5.75 Å². The second kappa shape index (κ2) is 11.0. The maximum absolute atomic E-state index is 12.7. The summed E-state index contributed by atoms with van der Waals surface area (Å²) in [4.78, 5) is 2.35. The van der Waals surface area contributed by atoms with Crippen LogP contribution in [0.2, 0.25) is 0 Å². The van der Waals surface area contributed by atoms with Gasteiger partial charge in [0.05, 0.1) is 19.4 Å². The minimum absolute atomic E-state index is 0.0636. The smallest absolute Gasteiger partial charge is 0.387 e. The molecule has 1 aliphatic heterocycles. The summed E-state index contributed by atoms with van der Waals surface area (Å²) in [6, 6.07) is 10.7. The van der Waals surface area contributed by atoms with Gasteiger partial charge in [0.15, 0.2) is 5.11 Å². The van der Waals surface area contributed by atoms with E-state index in [1.807, 2.05) is 24.3 Å². The van der Waals surface area contributed by atoms with E-state index in [0.29, 0.717) is 17.2 Å². The first-order valence-corrected chi connectivity index (χ1v) is 9.88. The molecule has 29 heavy (non-hydrogen) atoms. The zero-order valence-corrected chi connectivity index (χ0v) is 16.8. The molecular weight excluding hydrogens is 398 g/mol. The lowest BCUT2D eigenvalue weighted by Gasteiger charge is -2.26. The number of hydrogen-bond acceptors (Lipinski definition) is 5. The number of halogens is 2. The van der Waals surface area contributed by atoms with E-state index in [2.05, 4.69) is 25.5 Å². The van der Waals surface area contributed by atoms with Gasteiger partial charge >= 0.3 is 6.61 Å². The van der Waals surface area contributed by atoms with Crippen molar-refractivity contribution in [2.24, 2.45) is 5.10 Å². The van der Waals surface area contributed by atoms with Gasteiger partial charge < -0.3 is 14.8 Å². The molecule has 0 radical (unpaired) electrons. The number of fused-ring (bicyclic) bond motifs is 1. The van der Waals surface area contributed by atoms with Gasteiger partial charge in [-0.2, -0.15) is 13.9 Å². The van der Waals surface area contributed by atoms with E-state index in [1.54, 1.807) is 6.07 Å². The standard InChI is InChI=1S/C20H24F2N4O2S/c21-19(22)28-18-7-6-15-4-1-2-5-16(15)17(18)14-24-25-20(29)23-8-3-9-26-10-12-27-13-11-26/h1-2,4-7,14,19H,3,8-13H2,(H2,23,25,29)/b24-14-. The molecule has 0 saturated carbocycles. The van der Waals surface area contributed by atoms with Crippen molar-refractivity contribution in [3.63, 3.8) is 0 Å². The van der Waals surface area contributed by atoms with Crippen LogP contribution in [0.1, 0.15) is 12.0 Å². The summed E-state index contributed by atoms with van der Waals surface area (Å²) in [6.45, 7) is 2.27. The Kier molecular flexibility index (Phi) is 8.09. The average molecular weight is 423 g/mol. The first-order chi connectivity index (χ1) is 14.1. The lowest BCUT2D eigenvalue weighted by molar-refractivity contribution is -0.0498. The summed E-state index contributed by atoms with van der Waals surface area (Å²) in [5.41, 5.74) is 3.19. The van der Waals surface area contributed by atoms with Crippen molar-refractivity contribution in [2.45, 2.75) is 13.0 Å². The van der Waals surface area contributed by atoms with Crippen molar-refractivity contribution < 1.29 is 18.3 Å². The van der Waals surface area contributed by atoms with E-state index >= 15 is 0 Å². The van der Waals surface area contributed by atoms with Crippen LogP contribution < -0.4 is 15.5 Å². The summed E-state index contributed by atoms with van der Waals surface area (Å²) in [5.74, 6) is 0.0636. The van der Waals surface area contributed by atoms with Crippen molar-refractivity contribution in [2.75, 3.05) is 39.4 Å². The molecular formula is C20H24F2N4O2S. The number of morpholine rings is 1. The minimum atomic E-state index is -2.91. The summed E-state index contributed by atoms with van der Waals surface area (Å²) in [7, 11) is 0. The molecule has 9 heteroatoms. The van der Waals surface area contributed by atoms with Crippen LogP contribution in [0.4, 0.5) is 8.78 Å². The highest BCUT2D eigenvalue weighted by Gasteiger charge is 2.12. The Morgan fingerprint density at radius 3 is 2.83 bits per heavy atom. The molecule has 156 valence electrons. The molecule has 2 aromatic carbocycles. The quantitative estimate of drug-likeness (QED) is 0.295. The molecule has 0 unspecified atom stereocenters. The van der Waals surface area contributed by atoms with Crippen LogP contribution in [0.25, 0.3) is 10.8 Å². The Labute approximate surface area is 173 Å². The number of alkyl halides is 2. The van der Waals surface area contributed by atoms with Gasteiger partial charge in [0.1, 0.15) is 5.75 Å². The highest BCUT2D eigenvalue weighted by molar-refractivity contribution is 7.80. The van der Waals surface area contributed by atoms with Crippen LogP contribution in [0.5, 0.6) is 5.75 Å². The third-order valence-corrected chi connectivity index (χ3v) is 4.78. The fourth-order valence-electron chi connectivity index (χ4n) is 3.13. The van der Waals surface area contributed by atoms with E-state index in [0.717, 1.165) is 50.0 Å². The Hall–Kier alpha value is -2.36. The normalized spacial score (nSPS) is 15.1. The van der Waals surface area contributed by atoms with Gasteiger partial charge in [-0.15, -0.1) is 0 Å². The minimum Gasteiger partial charge on any atom is -0.434 e. The largest absolute Gasteiger partial charge is 0.434 e. The second-order valence-electron chi connectivity index (χ2n) is 6.51. The zero-order chi connectivity index (χ0) is 20.5. The molecule has 0 bridgehead atoms. The van der Waals surface area contributed by atoms with Gasteiger partial charge in [0.2, 0.25) is 0 Å². The lowest BCUT2D eigenvalue weighted by atomic mass is 10.0. The number of benzene rings is 2. The molecule has 3 rings (SSSR count). The second-order valence-corrected chi connectivity index (χ2v) is 6.92. The third-order valence-electron chi connectivity index (χ3n) is 4.55. The van der Waals surface area contributed by atoms with Crippen molar-refractivity contribution in [1.82, 2.24) is 15.6 Å². The summed E-state index contributed by atoms with van der Waals surface area (Å²) in [5, 5.41) is 9.23. The molecule has 0 atom stereocenters. The number of hydrazone groups is 1. The van der Waals surface area contributed by atoms with E-state index in [9.17, 15) is 8.78 Å². The molecule has 1 saturated heterocycles. The monoisotopic (exact) mass is 422 g/mol. The van der Waals surface area contributed by atoms with Crippen molar-refractivity contribution in [3.05, 3.63) is 42.0 Å². The summed E-state index contributed by atoms with van der Waals surface area (Å²) < 4.78 is 35.4. The van der Waals surface area contributed by atoms with E-state index < -0.39 is 6.61 Å². The maximum atomic E-state index is 12.7. The van der Waals surface area contributed by atoms with Crippen LogP contribution in [0.3, 0.4) is 0 Å². The van der Waals surface area contributed by atoms with Crippen molar-refractivity contribution >= 4 is 34.3 Å². The van der Waals surface area contributed by atoms with Gasteiger partial charge in [0, 0.05) is 25.2 Å². The highest BCUT2D eigenvalue weighted by atomic mass is 32.1. The van der Waals surface area contributed by atoms with Crippen LogP contribution in [-0.4, -0.2) is 62.2 Å². The number of nitrogens with zero attached hydrogens (tertiary/aromatic N) is 2. The van der Waals surface area contributed by atoms with Crippen LogP contribution >= 0.6 is 12.2 Å². The van der Waals surface area contributed by atoms with Gasteiger partial charge in [-0.25, -0.2) is 0 Å². The SMILES string of the molecule is FC(F)Oc1ccc2ccccc2c1/C=N\NC(=S)NCCCN1CCOCC1. The summed E-state index contributed by atoms with van der Waals surface area (Å²) in [6.07, 6.45) is 2.39. The van der Waals surface area contributed by atoms with Crippen molar-refractivity contribution in [3.8, 4) is 5.75 Å². The van der Waals surface area contributed by atoms with Gasteiger partial charge in [-0.1, -0.05) is 30.3 Å². The first-order valence-electron chi connectivity index (χ1n) is 9.47. The van der Waals surface area contributed by atoms with Crippen molar-refractivity contribution in [1.29, 1.82) is 0 Å². The van der Waals surface area contributed by atoms with Crippen LogP contribution in [-0.2, 0) is 4.74 Å². The molecule has 0 aliphatic carbocycles. The Morgan fingerprint density at radius 1 is 1.24 bits per heavy atom. The van der Waals surface area contributed by atoms with Gasteiger partial charge in [-0.05, 0) is 42.0 Å². The zero-order valence-electron chi connectivity index (χ0n) is 15.9. The summed E-state index contributed by atoms with van der Waals surface area (Å²) >= 11 is 5.22. The number of ether oxygens (including phenoxy) is 2. The Bertz CT molecular complexity index is 844. The highest BCUT2D eigenvalue weighted by Crippen LogP contribution is 2.27. The fourth-order valence-corrected chi connectivity index (χ4v) is 3.29. The third kappa shape index (κ3) is 6.59. The predicted octanol–water partition coefficient (Wildman–Crippen LogP) is 2.96. The van der Waals surface area contributed by atoms with Gasteiger partial charge in [0.25, 0.3) is 0 Å². The van der Waals surface area contributed by atoms with E-state index in [4.69, 9.17) is 17.0 Å². The molecule has 1 aliphatic rings. The maximum Gasteiger partial charge on any atom is 0.387 e. The molecule has 1 heterocycles.